The van der Waals surface area contributed by atoms with Crippen LogP contribution in [-0.2, 0) is 10.0 Å². The minimum Gasteiger partial charge on any atom is -0.393 e. The predicted octanol–water partition coefficient (Wildman–Crippen LogP) is 2.03. The highest BCUT2D eigenvalue weighted by Gasteiger charge is 2.25. The van der Waals surface area contributed by atoms with Crippen molar-refractivity contribution in [1.29, 1.82) is 0 Å². The Morgan fingerprint density at radius 1 is 1.42 bits per heavy atom. The van der Waals surface area contributed by atoms with E-state index in [-0.39, 0.29) is 21.4 Å². The largest absolute Gasteiger partial charge is 0.393 e. The molecule has 0 aliphatic heterocycles. The van der Waals surface area contributed by atoms with Crippen LogP contribution in [0.3, 0.4) is 0 Å². The third-order valence-electron chi connectivity index (χ3n) is 3.26. The molecular formula is C12H15BrFNO3S. The second-order valence-corrected chi connectivity index (χ2v) is 7.35. The van der Waals surface area contributed by atoms with Crippen LogP contribution in [-0.4, -0.2) is 26.2 Å². The van der Waals surface area contributed by atoms with E-state index < -0.39 is 15.8 Å². The molecule has 1 fully saturated rings. The molecule has 2 unspecified atom stereocenters. The number of halogens is 2. The number of benzene rings is 1. The van der Waals surface area contributed by atoms with E-state index in [2.05, 4.69) is 20.7 Å². The summed E-state index contributed by atoms with van der Waals surface area (Å²) in [4.78, 5) is 0.0208. The van der Waals surface area contributed by atoms with Crippen LogP contribution in [0.4, 0.5) is 4.39 Å². The average Bonchev–Trinajstić information content (AvgIpc) is 2.72. The average molecular weight is 352 g/mol. The fourth-order valence-electron chi connectivity index (χ4n) is 2.23. The summed E-state index contributed by atoms with van der Waals surface area (Å²) >= 11 is 3.05. The lowest BCUT2D eigenvalue weighted by Gasteiger charge is -2.12. The molecule has 2 N–H and O–H groups in total. The number of aliphatic hydroxyl groups excluding tert-OH is 1. The molecule has 0 saturated heterocycles. The van der Waals surface area contributed by atoms with Crippen molar-refractivity contribution >= 4 is 26.0 Å². The highest BCUT2D eigenvalue weighted by Crippen LogP contribution is 2.26. The third-order valence-corrected chi connectivity index (χ3v) is 5.66. The fraction of sp³-hybridized carbons (Fsp3) is 0.500. The first-order valence-electron chi connectivity index (χ1n) is 6.01. The number of aliphatic hydroxyl groups is 1. The van der Waals surface area contributed by atoms with Gasteiger partial charge in [-0.1, -0.05) is 0 Å². The smallest absolute Gasteiger partial charge is 0.241 e. The van der Waals surface area contributed by atoms with E-state index in [4.69, 9.17) is 0 Å². The molecule has 0 spiro atoms. The summed E-state index contributed by atoms with van der Waals surface area (Å²) in [5.74, 6) is -0.339. The molecule has 1 aromatic rings. The topological polar surface area (TPSA) is 66.4 Å². The van der Waals surface area contributed by atoms with Crippen LogP contribution >= 0.6 is 15.9 Å². The van der Waals surface area contributed by atoms with Crippen LogP contribution in [0, 0.1) is 11.7 Å². The van der Waals surface area contributed by atoms with E-state index in [1.54, 1.807) is 0 Å². The van der Waals surface area contributed by atoms with Gasteiger partial charge in [-0.3, -0.25) is 0 Å². The SMILES string of the molecule is O=S(=O)(NCC1CCC(O)C1)c1ccc(F)cc1Br. The molecule has 2 atom stereocenters. The van der Waals surface area contributed by atoms with Crippen LogP contribution in [0.1, 0.15) is 19.3 Å². The van der Waals surface area contributed by atoms with Gasteiger partial charge in [-0.25, -0.2) is 17.5 Å². The number of sulfonamides is 1. The molecule has 106 valence electrons. The Bertz CT molecular complexity index is 564. The minimum absolute atomic E-state index is 0.0208. The summed E-state index contributed by atoms with van der Waals surface area (Å²) in [6, 6.07) is 3.46. The molecule has 7 heteroatoms. The number of hydrogen-bond acceptors (Lipinski definition) is 3. The summed E-state index contributed by atoms with van der Waals surface area (Å²) in [5, 5.41) is 9.39. The van der Waals surface area contributed by atoms with Gasteiger partial charge in [0.2, 0.25) is 10.0 Å². The van der Waals surface area contributed by atoms with E-state index in [0.29, 0.717) is 19.4 Å². The lowest BCUT2D eigenvalue weighted by molar-refractivity contribution is 0.178. The molecule has 4 nitrogen and oxygen atoms in total. The summed E-state index contributed by atoms with van der Waals surface area (Å²) in [7, 11) is -3.66. The normalized spacial score (nSPS) is 23.7. The molecular weight excluding hydrogens is 337 g/mol. The second-order valence-electron chi connectivity index (χ2n) is 4.76. The predicted molar refractivity (Wildman–Crippen MR) is 72.6 cm³/mol. The van der Waals surface area contributed by atoms with Gasteiger partial charge in [0, 0.05) is 11.0 Å². The molecule has 2 rings (SSSR count). The van der Waals surface area contributed by atoms with Crippen molar-refractivity contribution in [3.8, 4) is 0 Å². The van der Waals surface area contributed by atoms with Crippen molar-refractivity contribution in [2.75, 3.05) is 6.54 Å². The van der Waals surface area contributed by atoms with Crippen LogP contribution < -0.4 is 4.72 Å². The van der Waals surface area contributed by atoms with Gasteiger partial charge < -0.3 is 5.11 Å². The summed E-state index contributed by atoms with van der Waals surface area (Å²) in [6.45, 7) is 0.295. The summed E-state index contributed by atoms with van der Waals surface area (Å²) in [5.41, 5.74) is 0. The van der Waals surface area contributed by atoms with Crippen molar-refractivity contribution in [2.24, 2.45) is 5.92 Å². The van der Waals surface area contributed by atoms with Crippen LogP contribution in [0.2, 0.25) is 0 Å². The highest BCUT2D eigenvalue weighted by atomic mass is 79.9. The molecule has 0 amide bonds. The van der Waals surface area contributed by atoms with E-state index in [1.807, 2.05) is 0 Å². The zero-order chi connectivity index (χ0) is 14.0. The van der Waals surface area contributed by atoms with Gasteiger partial charge in [0.1, 0.15) is 5.82 Å². The second kappa shape index (κ2) is 5.87. The summed E-state index contributed by atoms with van der Waals surface area (Å²) < 4.78 is 39.8. The Balaban J connectivity index is 2.06. The molecule has 19 heavy (non-hydrogen) atoms. The molecule has 0 heterocycles. The first kappa shape index (κ1) is 14.9. The maximum absolute atomic E-state index is 12.9. The highest BCUT2D eigenvalue weighted by molar-refractivity contribution is 9.10. The quantitative estimate of drug-likeness (QED) is 0.872. The van der Waals surface area contributed by atoms with Crippen molar-refractivity contribution in [2.45, 2.75) is 30.3 Å². The molecule has 0 bridgehead atoms. The molecule has 1 aliphatic carbocycles. The number of rotatable bonds is 4. The Hall–Kier alpha value is -0.500. The number of nitrogens with one attached hydrogen (secondary N) is 1. The Labute approximate surface area is 120 Å². The van der Waals surface area contributed by atoms with Crippen molar-refractivity contribution in [3.05, 3.63) is 28.5 Å². The third kappa shape index (κ3) is 3.75. The zero-order valence-electron chi connectivity index (χ0n) is 10.1. The van der Waals surface area contributed by atoms with Crippen molar-refractivity contribution in [1.82, 2.24) is 4.72 Å². The molecule has 0 aromatic heterocycles. The van der Waals surface area contributed by atoms with Gasteiger partial charge in [-0.2, -0.15) is 0 Å². The maximum atomic E-state index is 12.9. The maximum Gasteiger partial charge on any atom is 0.241 e. The van der Waals surface area contributed by atoms with Crippen LogP contribution in [0.25, 0.3) is 0 Å². The Kier molecular flexibility index (Phi) is 4.60. The zero-order valence-corrected chi connectivity index (χ0v) is 12.5. The Morgan fingerprint density at radius 2 is 2.16 bits per heavy atom. The van der Waals surface area contributed by atoms with Gasteiger partial charge in [0.05, 0.1) is 11.0 Å². The molecule has 1 aromatic carbocycles. The van der Waals surface area contributed by atoms with E-state index in [0.717, 1.165) is 18.6 Å². The van der Waals surface area contributed by atoms with E-state index >= 15 is 0 Å². The van der Waals surface area contributed by atoms with Gasteiger partial charge in [0.25, 0.3) is 0 Å². The molecule has 0 radical (unpaired) electrons. The number of hydrogen-bond donors (Lipinski definition) is 2. The Morgan fingerprint density at radius 3 is 2.74 bits per heavy atom. The van der Waals surface area contributed by atoms with Gasteiger partial charge >= 0.3 is 0 Å². The van der Waals surface area contributed by atoms with Crippen LogP contribution in [0.15, 0.2) is 27.6 Å². The summed E-state index contributed by atoms with van der Waals surface area (Å²) in [6.07, 6.45) is 1.82. The molecule has 1 saturated carbocycles. The lowest BCUT2D eigenvalue weighted by atomic mass is 10.1. The van der Waals surface area contributed by atoms with Crippen LogP contribution in [0.5, 0.6) is 0 Å². The van der Waals surface area contributed by atoms with Gasteiger partial charge in [-0.15, -0.1) is 0 Å². The first-order chi connectivity index (χ1) is 8.88. The first-order valence-corrected chi connectivity index (χ1v) is 8.29. The monoisotopic (exact) mass is 351 g/mol. The van der Waals surface area contributed by atoms with Gasteiger partial charge in [0.15, 0.2) is 0 Å². The van der Waals surface area contributed by atoms with Crippen molar-refractivity contribution < 1.29 is 17.9 Å². The molecule has 1 aliphatic rings. The van der Waals surface area contributed by atoms with Gasteiger partial charge in [-0.05, 0) is 59.3 Å². The minimum atomic E-state index is -3.66. The van der Waals surface area contributed by atoms with E-state index in [9.17, 15) is 17.9 Å². The van der Waals surface area contributed by atoms with E-state index in [1.165, 1.54) is 6.07 Å². The van der Waals surface area contributed by atoms with Crippen molar-refractivity contribution in [3.63, 3.8) is 0 Å². The fourth-order valence-corrected chi connectivity index (χ4v) is 4.40. The lowest BCUT2D eigenvalue weighted by Crippen LogP contribution is -2.29. The standard InChI is InChI=1S/C12H15BrFNO3S/c13-11-6-9(14)2-4-12(11)19(17,18)15-7-8-1-3-10(16)5-8/h2,4,6,8,10,15-16H,1,3,5,7H2.